The summed E-state index contributed by atoms with van der Waals surface area (Å²) in [7, 11) is 1.69. The molecule has 2 aliphatic carbocycles. The van der Waals surface area contributed by atoms with Crippen LogP contribution in [0.15, 0.2) is 72.8 Å². The first-order chi connectivity index (χ1) is 21.7. The second-order valence-electron chi connectivity index (χ2n) is 14.0. The lowest BCUT2D eigenvalue weighted by Crippen LogP contribution is -2.78. The van der Waals surface area contributed by atoms with Gasteiger partial charge in [-0.25, -0.2) is 0 Å². The van der Waals surface area contributed by atoms with Crippen molar-refractivity contribution in [2.75, 3.05) is 26.7 Å². The lowest BCUT2D eigenvalue weighted by molar-refractivity contribution is -0.201. The molecule has 6 heteroatoms. The molecule has 3 aromatic rings. The molecule has 6 nitrogen and oxygen atoms in total. The minimum absolute atomic E-state index is 0.00329. The van der Waals surface area contributed by atoms with Crippen LogP contribution in [0, 0.1) is 12.8 Å². The minimum atomic E-state index is -0.961. The summed E-state index contributed by atoms with van der Waals surface area (Å²) in [5.74, 6) is 1.77. The van der Waals surface area contributed by atoms with E-state index in [0.29, 0.717) is 25.1 Å². The SMILES string of the molecule is COc1ccc2c3c1O[C@H]1[C@@H](N(CC(C)C)C(=O)C=Cc4cccc(C)c4)CC[C@@]4(O)[C@@H](C2)N(CCc2ccccc2)CC[C@]314. The number of methoxy groups -OCH3 is 1. The predicted molar refractivity (Wildman–Crippen MR) is 178 cm³/mol. The van der Waals surface area contributed by atoms with E-state index in [1.54, 1.807) is 13.2 Å². The van der Waals surface area contributed by atoms with Crippen LogP contribution in [0.4, 0.5) is 0 Å². The van der Waals surface area contributed by atoms with Gasteiger partial charge in [0.15, 0.2) is 11.5 Å². The molecule has 5 atom stereocenters. The Bertz CT molecular complexity index is 1600. The summed E-state index contributed by atoms with van der Waals surface area (Å²) >= 11 is 0. The van der Waals surface area contributed by atoms with Gasteiger partial charge in [0, 0.05) is 30.8 Å². The monoisotopic (exact) mass is 606 g/mol. The summed E-state index contributed by atoms with van der Waals surface area (Å²) in [4.78, 5) is 18.7. The summed E-state index contributed by atoms with van der Waals surface area (Å²) in [5.41, 5.74) is 4.31. The Labute approximate surface area is 267 Å². The van der Waals surface area contributed by atoms with Crippen LogP contribution < -0.4 is 9.47 Å². The Morgan fingerprint density at radius 2 is 1.96 bits per heavy atom. The summed E-state index contributed by atoms with van der Waals surface area (Å²) < 4.78 is 12.9. The van der Waals surface area contributed by atoms with E-state index >= 15 is 0 Å². The van der Waals surface area contributed by atoms with Crippen molar-refractivity contribution in [2.45, 2.75) is 82.1 Å². The van der Waals surface area contributed by atoms with E-state index in [2.05, 4.69) is 74.2 Å². The molecule has 2 aliphatic heterocycles. The molecular weight excluding hydrogens is 560 g/mol. The van der Waals surface area contributed by atoms with Crippen molar-refractivity contribution >= 4 is 12.0 Å². The van der Waals surface area contributed by atoms with Crippen LogP contribution in [-0.2, 0) is 23.1 Å². The molecule has 0 unspecified atom stereocenters. The summed E-state index contributed by atoms with van der Waals surface area (Å²) in [6, 6.07) is 22.9. The normalized spacial score (nSPS) is 28.2. The number of hydrogen-bond donors (Lipinski definition) is 1. The number of aliphatic hydroxyl groups is 1. The van der Waals surface area contributed by atoms with Gasteiger partial charge in [0.1, 0.15) is 6.10 Å². The van der Waals surface area contributed by atoms with Gasteiger partial charge < -0.3 is 19.5 Å². The molecule has 0 aromatic heterocycles. The highest BCUT2D eigenvalue weighted by Gasteiger charge is 2.73. The van der Waals surface area contributed by atoms with E-state index in [-0.39, 0.29) is 30.0 Å². The van der Waals surface area contributed by atoms with Crippen LogP contribution in [0.3, 0.4) is 0 Å². The Balaban J connectivity index is 1.26. The van der Waals surface area contributed by atoms with Crippen LogP contribution in [0.5, 0.6) is 11.5 Å². The summed E-state index contributed by atoms with van der Waals surface area (Å²) in [6.07, 6.45) is 7.13. The van der Waals surface area contributed by atoms with Crippen LogP contribution in [0.2, 0.25) is 0 Å². The van der Waals surface area contributed by atoms with Gasteiger partial charge in [0.2, 0.25) is 5.91 Å². The number of aryl methyl sites for hydroxylation is 1. The number of benzene rings is 3. The van der Waals surface area contributed by atoms with Crippen molar-refractivity contribution in [1.29, 1.82) is 0 Å². The predicted octanol–water partition coefficient (Wildman–Crippen LogP) is 5.97. The van der Waals surface area contributed by atoms with Crippen molar-refractivity contribution in [3.8, 4) is 11.5 Å². The number of nitrogens with zero attached hydrogens (tertiary/aromatic N) is 2. The molecule has 4 aliphatic rings. The van der Waals surface area contributed by atoms with E-state index in [1.807, 2.05) is 29.2 Å². The number of likely N-dealkylation sites (tertiary alicyclic amines) is 1. The lowest BCUT2D eigenvalue weighted by atomic mass is 9.48. The van der Waals surface area contributed by atoms with Crippen LogP contribution in [-0.4, -0.2) is 71.3 Å². The maximum Gasteiger partial charge on any atom is 0.246 e. The number of amides is 1. The molecule has 1 saturated carbocycles. The molecule has 236 valence electrons. The van der Waals surface area contributed by atoms with E-state index in [9.17, 15) is 9.90 Å². The Morgan fingerprint density at radius 3 is 2.71 bits per heavy atom. The third kappa shape index (κ3) is 4.88. The number of piperidine rings is 1. The zero-order valence-electron chi connectivity index (χ0n) is 27.0. The average Bonchev–Trinajstić information content (AvgIpc) is 3.38. The van der Waals surface area contributed by atoms with Crippen molar-refractivity contribution < 1.29 is 19.4 Å². The second kappa shape index (κ2) is 11.6. The molecule has 2 fully saturated rings. The van der Waals surface area contributed by atoms with Crippen LogP contribution in [0.25, 0.3) is 6.08 Å². The highest BCUT2D eigenvalue weighted by molar-refractivity contribution is 5.92. The van der Waals surface area contributed by atoms with Gasteiger partial charge >= 0.3 is 0 Å². The first kappa shape index (κ1) is 30.1. The number of ether oxygens (including phenoxy) is 2. The molecule has 2 bridgehead atoms. The third-order valence-electron chi connectivity index (χ3n) is 11.0. The quantitative estimate of drug-likeness (QED) is 0.305. The molecule has 1 amide bonds. The Morgan fingerprint density at radius 1 is 1.13 bits per heavy atom. The molecule has 2 heterocycles. The Kier molecular flexibility index (Phi) is 7.77. The Hall–Kier alpha value is -3.61. The van der Waals surface area contributed by atoms with Gasteiger partial charge in [-0.05, 0) is 80.3 Å². The fourth-order valence-electron chi connectivity index (χ4n) is 9.08. The van der Waals surface area contributed by atoms with Gasteiger partial charge in [-0.15, -0.1) is 0 Å². The molecule has 3 aromatic carbocycles. The molecule has 1 spiro atoms. The standard InChI is InChI=1S/C39H46N2O4/c1-26(2)25-41(34(42)16-13-29-12-8-9-27(3)23-29)31-17-19-39(43)33-24-30-14-15-32(44-4)36-35(30)38(39,37(31)45-36)20-22-40(33)21-18-28-10-6-5-7-11-28/h5-16,23,26,31,33,37,43H,17-22,24-25H2,1-4H3/t31-,33+,37-,38-,39+/m0/s1. The first-order valence-corrected chi connectivity index (χ1v) is 16.7. The highest BCUT2D eigenvalue weighted by atomic mass is 16.5. The zero-order chi connectivity index (χ0) is 31.3. The number of carbonyl (C=O) groups excluding carboxylic acids is 1. The third-order valence-corrected chi connectivity index (χ3v) is 11.0. The molecular formula is C39H46N2O4. The van der Waals surface area contributed by atoms with E-state index in [1.165, 1.54) is 11.1 Å². The number of rotatable bonds is 9. The highest BCUT2D eigenvalue weighted by Crippen LogP contribution is 2.66. The molecule has 7 rings (SSSR count). The molecule has 1 N–H and O–H groups in total. The van der Waals surface area contributed by atoms with Crippen molar-refractivity contribution in [1.82, 2.24) is 9.80 Å². The van der Waals surface area contributed by atoms with Gasteiger partial charge in [0.05, 0.1) is 24.2 Å². The maximum absolute atomic E-state index is 14.1. The topological polar surface area (TPSA) is 62.2 Å². The van der Waals surface area contributed by atoms with Crippen molar-refractivity contribution in [3.63, 3.8) is 0 Å². The van der Waals surface area contributed by atoms with Gasteiger partial charge in [-0.1, -0.05) is 80.1 Å². The van der Waals surface area contributed by atoms with Crippen molar-refractivity contribution in [2.24, 2.45) is 5.92 Å². The fraction of sp³-hybridized carbons (Fsp3) is 0.462. The van der Waals surface area contributed by atoms with Crippen LogP contribution >= 0.6 is 0 Å². The fourth-order valence-corrected chi connectivity index (χ4v) is 9.08. The van der Waals surface area contributed by atoms with E-state index in [0.717, 1.165) is 54.8 Å². The molecule has 0 radical (unpaired) electrons. The first-order valence-electron chi connectivity index (χ1n) is 16.7. The minimum Gasteiger partial charge on any atom is -0.493 e. The lowest BCUT2D eigenvalue weighted by Gasteiger charge is -2.65. The number of carbonyl (C=O) groups is 1. The van der Waals surface area contributed by atoms with Crippen molar-refractivity contribution in [3.05, 3.63) is 101 Å². The van der Waals surface area contributed by atoms with E-state index < -0.39 is 11.0 Å². The molecule has 1 saturated heterocycles. The van der Waals surface area contributed by atoms with Crippen LogP contribution in [0.1, 0.15) is 60.9 Å². The molecule has 45 heavy (non-hydrogen) atoms. The smallest absolute Gasteiger partial charge is 0.246 e. The zero-order valence-corrected chi connectivity index (χ0v) is 27.0. The average molecular weight is 607 g/mol. The second-order valence-corrected chi connectivity index (χ2v) is 14.0. The maximum atomic E-state index is 14.1. The largest absolute Gasteiger partial charge is 0.493 e. The van der Waals surface area contributed by atoms with Gasteiger partial charge in [0.25, 0.3) is 0 Å². The number of hydrogen-bond acceptors (Lipinski definition) is 5. The van der Waals surface area contributed by atoms with E-state index in [4.69, 9.17) is 9.47 Å². The summed E-state index contributed by atoms with van der Waals surface area (Å²) in [5, 5.41) is 13.1. The summed E-state index contributed by atoms with van der Waals surface area (Å²) in [6.45, 7) is 8.80. The van der Waals surface area contributed by atoms with Gasteiger partial charge in [-0.2, -0.15) is 0 Å². The van der Waals surface area contributed by atoms with Gasteiger partial charge in [-0.3, -0.25) is 9.69 Å².